The van der Waals surface area contributed by atoms with Gasteiger partial charge in [0.25, 0.3) is 0 Å². The molecule has 92 valence electrons. The van der Waals surface area contributed by atoms with Crippen molar-refractivity contribution in [2.75, 3.05) is 18.5 Å². The van der Waals surface area contributed by atoms with Gasteiger partial charge < -0.3 is 15.4 Å². The second kappa shape index (κ2) is 6.15. The van der Waals surface area contributed by atoms with Gasteiger partial charge in [-0.05, 0) is 12.8 Å². The van der Waals surface area contributed by atoms with Gasteiger partial charge in [-0.1, -0.05) is 12.8 Å². The van der Waals surface area contributed by atoms with Crippen LogP contribution in [0.2, 0.25) is 0 Å². The summed E-state index contributed by atoms with van der Waals surface area (Å²) in [5, 5.41) is 11.9. The Bertz CT molecular complexity index is 456. The molecule has 0 aliphatic heterocycles. The molecule has 2 aromatic rings. The van der Waals surface area contributed by atoms with Crippen LogP contribution in [0.4, 0.5) is 5.82 Å². The normalized spacial score (nSPS) is 10.9. The van der Waals surface area contributed by atoms with Crippen LogP contribution in [0, 0.1) is 0 Å². The van der Waals surface area contributed by atoms with E-state index in [4.69, 9.17) is 5.11 Å². The van der Waals surface area contributed by atoms with Gasteiger partial charge in [-0.25, -0.2) is 15.0 Å². The summed E-state index contributed by atoms with van der Waals surface area (Å²) in [6.45, 7) is 1.16. The number of imidazole rings is 1. The van der Waals surface area contributed by atoms with Gasteiger partial charge in [0.05, 0.1) is 6.33 Å². The molecule has 0 unspecified atom stereocenters. The van der Waals surface area contributed by atoms with Crippen LogP contribution < -0.4 is 5.32 Å². The number of aromatic nitrogens is 4. The Labute approximate surface area is 99.5 Å². The molecule has 0 radical (unpaired) electrons. The molecule has 17 heavy (non-hydrogen) atoms. The summed E-state index contributed by atoms with van der Waals surface area (Å²) in [6.07, 6.45) is 7.27. The van der Waals surface area contributed by atoms with E-state index in [1.807, 2.05) is 0 Å². The molecular formula is C11H17N5O. The Morgan fingerprint density at radius 1 is 1.12 bits per heavy atom. The van der Waals surface area contributed by atoms with Crippen LogP contribution in [-0.2, 0) is 0 Å². The van der Waals surface area contributed by atoms with Crippen molar-refractivity contribution >= 4 is 17.0 Å². The lowest BCUT2D eigenvalue weighted by Gasteiger charge is -2.05. The zero-order valence-corrected chi connectivity index (χ0v) is 9.69. The zero-order valence-electron chi connectivity index (χ0n) is 9.69. The Kier molecular flexibility index (Phi) is 4.26. The summed E-state index contributed by atoms with van der Waals surface area (Å²) in [6, 6.07) is 0. The minimum absolute atomic E-state index is 0.286. The number of rotatable bonds is 7. The zero-order chi connectivity index (χ0) is 11.9. The van der Waals surface area contributed by atoms with Gasteiger partial charge in [0, 0.05) is 13.2 Å². The van der Waals surface area contributed by atoms with Crippen LogP contribution in [-0.4, -0.2) is 38.2 Å². The molecule has 0 spiro atoms. The Hall–Kier alpha value is -1.69. The fraction of sp³-hybridized carbons (Fsp3) is 0.545. The number of anilines is 1. The smallest absolute Gasteiger partial charge is 0.182 e. The topological polar surface area (TPSA) is 86.7 Å². The summed E-state index contributed by atoms with van der Waals surface area (Å²) in [4.78, 5) is 15.3. The molecule has 2 rings (SSSR count). The van der Waals surface area contributed by atoms with Crippen molar-refractivity contribution in [3.8, 4) is 0 Å². The molecule has 0 bridgehead atoms. The van der Waals surface area contributed by atoms with E-state index < -0.39 is 0 Å². The molecule has 0 atom stereocenters. The Morgan fingerprint density at radius 3 is 2.88 bits per heavy atom. The van der Waals surface area contributed by atoms with Crippen molar-refractivity contribution in [1.29, 1.82) is 0 Å². The van der Waals surface area contributed by atoms with Crippen molar-refractivity contribution in [1.82, 2.24) is 19.9 Å². The van der Waals surface area contributed by atoms with Crippen LogP contribution in [0.15, 0.2) is 12.7 Å². The van der Waals surface area contributed by atoms with Gasteiger partial charge in [0.1, 0.15) is 11.8 Å². The van der Waals surface area contributed by atoms with E-state index >= 15 is 0 Å². The first-order chi connectivity index (χ1) is 8.42. The number of aliphatic hydroxyl groups is 1. The van der Waals surface area contributed by atoms with Crippen LogP contribution in [0.1, 0.15) is 25.7 Å². The summed E-state index contributed by atoms with van der Waals surface area (Å²) in [5.74, 6) is 0.801. The minimum atomic E-state index is 0.286. The average Bonchev–Trinajstić information content (AvgIpc) is 2.82. The molecule has 2 aromatic heterocycles. The number of H-pyrrole nitrogens is 1. The highest BCUT2D eigenvalue weighted by Crippen LogP contribution is 2.14. The SMILES string of the molecule is OCCCCCCNc1ncnc2nc[nH]c12. The molecule has 0 saturated carbocycles. The maximum atomic E-state index is 8.65. The molecule has 0 fully saturated rings. The Balaban J connectivity index is 1.80. The quantitative estimate of drug-likeness (QED) is 0.630. The maximum Gasteiger partial charge on any atom is 0.182 e. The standard InChI is InChI=1S/C11H17N5O/c17-6-4-2-1-3-5-12-10-9-11(14-7-13-9)16-8-15-10/h7-8,17H,1-6H2,(H2,12,13,14,15,16). The molecule has 6 nitrogen and oxygen atoms in total. The second-order valence-electron chi connectivity index (χ2n) is 3.89. The number of hydrogen-bond acceptors (Lipinski definition) is 5. The van der Waals surface area contributed by atoms with Crippen LogP contribution in [0.5, 0.6) is 0 Å². The Morgan fingerprint density at radius 2 is 2.00 bits per heavy atom. The number of unbranched alkanes of at least 4 members (excludes halogenated alkanes) is 3. The average molecular weight is 235 g/mol. The first-order valence-corrected chi connectivity index (χ1v) is 5.90. The van der Waals surface area contributed by atoms with E-state index in [9.17, 15) is 0 Å². The van der Waals surface area contributed by atoms with E-state index in [0.29, 0.717) is 5.65 Å². The highest BCUT2D eigenvalue weighted by Gasteiger charge is 2.03. The van der Waals surface area contributed by atoms with Crippen molar-refractivity contribution in [3.05, 3.63) is 12.7 Å². The number of nitrogens with one attached hydrogen (secondary N) is 2. The van der Waals surface area contributed by atoms with E-state index in [1.165, 1.54) is 6.33 Å². The van der Waals surface area contributed by atoms with Crippen LogP contribution >= 0.6 is 0 Å². The lowest BCUT2D eigenvalue weighted by molar-refractivity contribution is 0.283. The number of aromatic amines is 1. The van der Waals surface area contributed by atoms with E-state index in [-0.39, 0.29) is 6.61 Å². The molecule has 6 heteroatoms. The van der Waals surface area contributed by atoms with Gasteiger partial charge in [-0.2, -0.15) is 0 Å². The molecular weight excluding hydrogens is 218 g/mol. The van der Waals surface area contributed by atoms with Crippen molar-refractivity contribution < 1.29 is 5.11 Å². The largest absolute Gasteiger partial charge is 0.396 e. The molecule has 0 aliphatic carbocycles. The fourth-order valence-electron chi connectivity index (χ4n) is 1.70. The molecule has 0 amide bonds. The first-order valence-electron chi connectivity index (χ1n) is 5.90. The summed E-state index contributed by atoms with van der Waals surface area (Å²) >= 11 is 0. The molecule has 2 heterocycles. The van der Waals surface area contributed by atoms with Crippen molar-refractivity contribution in [2.24, 2.45) is 0 Å². The first kappa shape index (κ1) is 11.8. The fourth-order valence-corrected chi connectivity index (χ4v) is 1.70. The lowest BCUT2D eigenvalue weighted by atomic mass is 10.2. The van der Waals surface area contributed by atoms with Gasteiger partial charge >= 0.3 is 0 Å². The third-order valence-electron chi connectivity index (χ3n) is 2.60. The van der Waals surface area contributed by atoms with E-state index in [0.717, 1.165) is 43.6 Å². The number of aliphatic hydroxyl groups excluding tert-OH is 1. The summed E-state index contributed by atoms with van der Waals surface area (Å²) in [5.41, 5.74) is 1.53. The van der Waals surface area contributed by atoms with Crippen molar-refractivity contribution in [2.45, 2.75) is 25.7 Å². The number of hydrogen-bond donors (Lipinski definition) is 3. The predicted octanol–water partition coefficient (Wildman–Crippen LogP) is 1.32. The van der Waals surface area contributed by atoms with Crippen LogP contribution in [0.3, 0.4) is 0 Å². The third-order valence-corrected chi connectivity index (χ3v) is 2.60. The van der Waals surface area contributed by atoms with E-state index in [2.05, 4.69) is 25.3 Å². The van der Waals surface area contributed by atoms with Gasteiger partial charge in [0.15, 0.2) is 11.5 Å². The third kappa shape index (κ3) is 3.13. The predicted molar refractivity (Wildman–Crippen MR) is 65.7 cm³/mol. The second-order valence-corrected chi connectivity index (χ2v) is 3.89. The maximum absolute atomic E-state index is 8.65. The van der Waals surface area contributed by atoms with Gasteiger partial charge in [-0.3, -0.25) is 0 Å². The number of fused-ring (bicyclic) bond motifs is 1. The van der Waals surface area contributed by atoms with Gasteiger partial charge in [-0.15, -0.1) is 0 Å². The highest BCUT2D eigenvalue weighted by atomic mass is 16.2. The molecule has 0 aliphatic rings. The van der Waals surface area contributed by atoms with Gasteiger partial charge in [0.2, 0.25) is 0 Å². The molecule has 0 aromatic carbocycles. The lowest BCUT2D eigenvalue weighted by Crippen LogP contribution is -2.04. The number of nitrogens with zero attached hydrogens (tertiary/aromatic N) is 3. The molecule has 3 N–H and O–H groups in total. The van der Waals surface area contributed by atoms with Crippen LogP contribution in [0.25, 0.3) is 11.2 Å². The summed E-state index contributed by atoms with van der Waals surface area (Å²) < 4.78 is 0. The highest BCUT2D eigenvalue weighted by molar-refractivity contribution is 5.81. The van der Waals surface area contributed by atoms with E-state index in [1.54, 1.807) is 6.33 Å². The minimum Gasteiger partial charge on any atom is -0.396 e. The molecule has 0 saturated heterocycles. The monoisotopic (exact) mass is 235 g/mol. The summed E-state index contributed by atoms with van der Waals surface area (Å²) in [7, 11) is 0. The van der Waals surface area contributed by atoms with Crippen molar-refractivity contribution in [3.63, 3.8) is 0 Å².